The lowest BCUT2D eigenvalue weighted by atomic mass is 9.59. The number of fused-ring (bicyclic) bond motifs is 3. The Balaban J connectivity index is 0.873. The number of carbonyl (C=O) groups is 1. The Labute approximate surface area is 420 Å². The lowest BCUT2D eigenvalue weighted by molar-refractivity contribution is -0.384. The summed E-state index contributed by atoms with van der Waals surface area (Å²) in [5, 5.41) is 27.7. The van der Waals surface area contributed by atoms with Crippen molar-refractivity contribution in [2.45, 2.75) is 119 Å². The maximum Gasteiger partial charge on any atom is 0.293 e. The highest BCUT2D eigenvalue weighted by molar-refractivity contribution is 7.90. The van der Waals surface area contributed by atoms with E-state index in [2.05, 4.69) is 67.8 Å². The Morgan fingerprint density at radius 3 is 2.50 bits per heavy atom. The number of pyridine rings is 1. The summed E-state index contributed by atoms with van der Waals surface area (Å²) in [6.07, 6.45) is 9.29. The number of sulfonamides is 1. The molecule has 5 fully saturated rings. The molecule has 1 saturated carbocycles. The van der Waals surface area contributed by atoms with E-state index in [1.807, 2.05) is 37.4 Å². The summed E-state index contributed by atoms with van der Waals surface area (Å²) >= 11 is 0. The smallest absolute Gasteiger partial charge is 0.293 e. The molecule has 7 heterocycles. The molecular formula is C54H66N8O9S. The fraction of sp³-hybridized carbons (Fsp3) is 0.519. The largest absolute Gasteiger partial charge is 0.468 e. The number of piperidine rings is 2. The first-order chi connectivity index (χ1) is 34.6. The van der Waals surface area contributed by atoms with Gasteiger partial charge in [0, 0.05) is 81.4 Å². The molecule has 382 valence electrons. The maximum atomic E-state index is 14.7. The van der Waals surface area contributed by atoms with Crippen molar-refractivity contribution in [3.8, 4) is 5.88 Å². The highest BCUT2D eigenvalue weighted by Crippen LogP contribution is 2.55. The van der Waals surface area contributed by atoms with Gasteiger partial charge in [0.25, 0.3) is 21.6 Å². The highest BCUT2D eigenvalue weighted by atomic mass is 32.2. The van der Waals surface area contributed by atoms with Gasteiger partial charge in [-0.3, -0.25) is 19.8 Å². The maximum absolute atomic E-state index is 14.7. The number of aliphatic hydroxyl groups is 1. The number of rotatable bonds is 12. The quantitative estimate of drug-likeness (QED) is 0.0683. The van der Waals surface area contributed by atoms with E-state index < -0.39 is 43.1 Å². The minimum atomic E-state index is -4.61. The Bertz CT molecular complexity index is 2960. The summed E-state index contributed by atoms with van der Waals surface area (Å²) in [7, 11) is -4.61. The van der Waals surface area contributed by atoms with Crippen LogP contribution in [0.15, 0.2) is 83.9 Å². The van der Waals surface area contributed by atoms with Crippen molar-refractivity contribution in [1.29, 1.82) is 0 Å². The third-order valence-corrected chi connectivity index (χ3v) is 18.0. The molecule has 2 aromatic heterocycles. The average molecular weight is 1000 g/mol. The second-order valence-corrected chi connectivity index (χ2v) is 23.4. The molecular weight excluding hydrogens is 937 g/mol. The molecule has 1 spiro atoms. The number of nitro benzene ring substituents is 1. The summed E-state index contributed by atoms with van der Waals surface area (Å²) in [5.41, 5.74) is 4.79. The minimum absolute atomic E-state index is 0.114. The first-order valence-electron chi connectivity index (χ1n) is 25.8. The number of amides is 1. The Kier molecular flexibility index (Phi) is 13.0. The van der Waals surface area contributed by atoms with E-state index in [1.165, 1.54) is 23.3 Å². The van der Waals surface area contributed by atoms with Gasteiger partial charge in [0.05, 0.1) is 39.3 Å². The van der Waals surface area contributed by atoms with Crippen molar-refractivity contribution < 1.29 is 37.5 Å². The molecule has 0 unspecified atom stereocenters. The number of hydrogen-bond donors (Lipinski definition) is 4. The number of ether oxygens (including phenoxy) is 3. The molecule has 17 nitrogen and oxygen atoms in total. The molecule has 6 aliphatic rings. The molecule has 5 aromatic rings. The lowest BCUT2D eigenvalue weighted by Gasteiger charge is -2.58. The predicted molar refractivity (Wildman–Crippen MR) is 275 cm³/mol. The summed E-state index contributed by atoms with van der Waals surface area (Å²) in [5.74, 6) is 0.142. The fourth-order valence-corrected chi connectivity index (χ4v) is 13.5. The molecule has 4 saturated heterocycles. The molecule has 0 bridgehead atoms. The van der Waals surface area contributed by atoms with Gasteiger partial charge in [0.15, 0.2) is 0 Å². The molecule has 72 heavy (non-hydrogen) atoms. The van der Waals surface area contributed by atoms with Gasteiger partial charge >= 0.3 is 0 Å². The summed E-state index contributed by atoms with van der Waals surface area (Å²) < 4.78 is 48.5. The molecule has 1 aliphatic carbocycles. The van der Waals surface area contributed by atoms with Crippen molar-refractivity contribution >= 4 is 55.4 Å². The number of aromatic amines is 1. The fourth-order valence-electron chi connectivity index (χ4n) is 12.5. The van der Waals surface area contributed by atoms with Gasteiger partial charge in [-0.2, -0.15) is 4.98 Å². The Morgan fingerprint density at radius 2 is 1.72 bits per heavy atom. The van der Waals surface area contributed by atoms with Crippen LogP contribution in [-0.4, -0.2) is 116 Å². The topological polar surface area (TPSA) is 205 Å². The van der Waals surface area contributed by atoms with Crippen molar-refractivity contribution in [2.24, 2.45) is 11.3 Å². The number of aromatic nitrogens is 2. The molecule has 0 radical (unpaired) electrons. The van der Waals surface area contributed by atoms with Crippen LogP contribution in [0.2, 0.25) is 0 Å². The zero-order valence-corrected chi connectivity index (χ0v) is 42.2. The number of carbonyl (C=O) groups excluding carboxylic acids is 1. The average Bonchev–Trinajstić information content (AvgIpc) is 3.83. The first kappa shape index (κ1) is 48.5. The number of nitro groups is 1. The minimum Gasteiger partial charge on any atom is -0.468 e. The first-order valence-corrected chi connectivity index (χ1v) is 27.3. The van der Waals surface area contributed by atoms with Crippen molar-refractivity contribution in [1.82, 2.24) is 19.6 Å². The van der Waals surface area contributed by atoms with Gasteiger partial charge in [-0.15, -0.1) is 0 Å². The number of anilines is 4. The second kappa shape index (κ2) is 19.2. The third-order valence-electron chi connectivity index (χ3n) is 16.6. The standard InChI is InChI=1S/C54H66N8O9S/c1-34(2)40-6-4-5-7-41(40)48-31-53(3,64)16-22-60(48)38-29-54(30-38)17-20-59(21-18-54)37-8-10-42(45(27-37)61-44-15-25-70-33-49(44)71-52-47(61)26-36-12-19-55-50(36)57-52)51(63)58-72(67,68)39-9-11-43(46(28-39)62(65)66)56-32-35-13-23-69-24-14-35/h4-12,19,26-28,34-35,38,44,48-49,56,64H,13-18,20-25,29-33H2,1-3H3,(H,55,57)(H,58,63)/t44-,48+,49-,53+/m0/s1. The van der Waals surface area contributed by atoms with Gasteiger partial charge in [0.1, 0.15) is 23.1 Å². The van der Waals surface area contributed by atoms with Crippen molar-refractivity contribution in [3.05, 3.63) is 106 Å². The summed E-state index contributed by atoms with van der Waals surface area (Å²) in [6.45, 7) is 11.5. The molecule has 4 atom stereocenters. The van der Waals surface area contributed by atoms with E-state index in [4.69, 9.17) is 19.2 Å². The van der Waals surface area contributed by atoms with Crippen LogP contribution in [0.5, 0.6) is 5.88 Å². The number of hydrogen-bond acceptors (Lipinski definition) is 14. The number of nitrogens with one attached hydrogen (secondary N) is 3. The Morgan fingerprint density at radius 1 is 0.944 bits per heavy atom. The SMILES string of the molecule is CC(C)c1ccccc1[C@H]1C[C@](C)(O)CCN1C1CC2(CCN(c3ccc(C(=O)NS(=O)(=O)c4ccc(NCC5CCOCC5)c([N+](=O)[O-])c4)c(N4c5cc6cc[nH]c6nc5O[C@H]5COCC[C@@H]54)c3)CC2)C1. The predicted octanol–water partition coefficient (Wildman–Crippen LogP) is 8.58. The third kappa shape index (κ3) is 9.40. The number of H-pyrrole nitrogens is 1. The van der Waals surface area contributed by atoms with Crippen LogP contribution in [0, 0.1) is 21.4 Å². The summed E-state index contributed by atoms with van der Waals surface area (Å²) in [4.78, 5) is 41.2. The van der Waals surface area contributed by atoms with Crippen LogP contribution in [0.1, 0.15) is 112 Å². The molecule has 4 N–H and O–H groups in total. The zero-order valence-electron chi connectivity index (χ0n) is 41.3. The van der Waals surface area contributed by atoms with Crippen LogP contribution >= 0.6 is 0 Å². The van der Waals surface area contributed by atoms with Gasteiger partial charge in [-0.25, -0.2) is 13.1 Å². The lowest BCUT2D eigenvalue weighted by Crippen LogP contribution is -2.58. The van der Waals surface area contributed by atoms with E-state index in [9.17, 15) is 28.4 Å². The molecule has 11 rings (SSSR count). The zero-order chi connectivity index (χ0) is 49.9. The Hall–Kier alpha value is -5.79. The molecule has 3 aromatic carbocycles. The van der Waals surface area contributed by atoms with E-state index in [1.54, 1.807) is 6.07 Å². The van der Waals surface area contributed by atoms with Crippen LogP contribution in [0.3, 0.4) is 0 Å². The summed E-state index contributed by atoms with van der Waals surface area (Å²) in [6, 6.07) is 22.2. The molecule has 18 heteroatoms. The van der Waals surface area contributed by atoms with Gasteiger partial charge in [-0.1, -0.05) is 38.1 Å². The number of nitrogens with zero attached hydrogens (tertiary/aromatic N) is 5. The monoisotopic (exact) mass is 1000 g/mol. The highest BCUT2D eigenvalue weighted by Gasteiger charge is 2.51. The van der Waals surface area contributed by atoms with E-state index in [0.717, 1.165) is 88.1 Å². The van der Waals surface area contributed by atoms with E-state index >= 15 is 0 Å². The van der Waals surface area contributed by atoms with Gasteiger partial charge in [-0.05, 0) is 136 Å². The van der Waals surface area contributed by atoms with Gasteiger partial charge in [0.2, 0.25) is 5.88 Å². The van der Waals surface area contributed by atoms with Crippen LogP contribution in [0.4, 0.5) is 28.4 Å². The van der Waals surface area contributed by atoms with Crippen LogP contribution in [-0.2, 0) is 19.5 Å². The van der Waals surface area contributed by atoms with Gasteiger partial charge < -0.3 is 39.4 Å². The van der Waals surface area contributed by atoms with E-state index in [0.29, 0.717) is 74.3 Å². The van der Waals surface area contributed by atoms with Crippen molar-refractivity contribution in [3.63, 3.8) is 0 Å². The number of likely N-dealkylation sites (tertiary alicyclic amines) is 1. The van der Waals surface area contributed by atoms with Crippen molar-refractivity contribution in [2.75, 3.05) is 67.7 Å². The van der Waals surface area contributed by atoms with Crippen LogP contribution < -0.4 is 24.6 Å². The van der Waals surface area contributed by atoms with E-state index in [-0.39, 0.29) is 34.7 Å². The molecule has 1 amide bonds. The normalized spacial score (nSPS) is 24.9. The second-order valence-electron chi connectivity index (χ2n) is 21.7. The molecule has 5 aliphatic heterocycles. The number of benzene rings is 3. The van der Waals surface area contributed by atoms with Crippen LogP contribution in [0.25, 0.3) is 11.0 Å².